The van der Waals surface area contributed by atoms with Gasteiger partial charge >= 0.3 is 0 Å². The summed E-state index contributed by atoms with van der Waals surface area (Å²) in [7, 11) is 0. The third-order valence-electron chi connectivity index (χ3n) is 2.42. The van der Waals surface area contributed by atoms with Crippen LogP contribution >= 0.6 is 0 Å². The van der Waals surface area contributed by atoms with Crippen LogP contribution in [0.2, 0.25) is 0 Å². The molecule has 0 fully saturated rings. The molecule has 0 saturated carbocycles. The first kappa shape index (κ1) is 16.8. The summed E-state index contributed by atoms with van der Waals surface area (Å²) in [4.78, 5) is 0. The maximum Gasteiger partial charge on any atom is 0.0539 e. The summed E-state index contributed by atoms with van der Waals surface area (Å²) < 4.78 is 10.9. The maximum absolute atomic E-state index is 9.02. The molecule has 0 aromatic heterocycles. The van der Waals surface area contributed by atoms with E-state index in [-0.39, 0.29) is 24.0 Å². The van der Waals surface area contributed by atoms with E-state index in [0.717, 1.165) is 6.42 Å². The van der Waals surface area contributed by atoms with Crippen molar-refractivity contribution < 1.29 is 19.7 Å². The predicted octanol–water partition coefficient (Wildman–Crippen LogP) is 1.45. The van der Waals surface area contributed by atoms with Crippen LogP contribution in [0.25, 0.3) is 0 Å². The van der Waals surface area contributed by atoms with E-state index < -0.39 is 0 Å². The standard InChI is InChI=1S/C13H28O4/c1-12(2,8-14)10-16-6-5-7-17-11-13(3,4)9-15/h14-15H,5-11H2,1-4H3. The molecule has 0 saturated heterocycles. The molecule has 0 aromatic carbocycles. The van der Waals surface area contributed by atoms with Crippen molar-refractivity contribution in [1.82, 2.24) is 0 Å². The van der Waals surface area contributed by atoms with Gasteiger partial charge in [-0.2, -0.15) is 0 Å². The summed E-state index contributed by atoms with van der Waals surface area (Å²) in [5.41, 5.74) is -0.334. The number of hydrogen-bond donors (Lipinski definition) is 2. The van der Waals surface area contributed by atoms with Gasteiger partial charge in [-0.1, -0.05) is 27.7 Å². The van der Waals surface area contributed by atoms with Gasteiger partial charge in [-0.05, 0) is 6.42 Å². The first-order valence-electron chi connectivity index (χ1n) is 6.20. The average molecular weight is 248 g/mol. The maximum atomic E-state index is 9.02. The molecule has 0 radical (unpaired) electrons. The van der Waals surface area contributed by atoms with Crippen molar-refractivity contribution in [2.75, 3.05) is 39.6 Å². The molecule has 0 spiro atoms. The Balaban J connectivity index is 3.36. The number of ether oxygens (including phenoxy) is 2. The Morgan fingerprint density at radius 2 is 1.12 bits per heavy atom. The van der Waals surface area contributed by atoms with Crippen molar-refractivity contribution in [3.8, 4) is 0 Å². The van der Waals surface area contributed by atoms with E-state index in [1.807, 2.05) is 27.7 Å². The van der Waals surface area contributed by atoms with Crippen LogP contribution in [0.5, 0.6) is 0 Å². The first-order chi connectivity index (χ1) is 7.83. The average Bonchev–Trinajstić information content (AvgIpc) is 2.27. The molecule has 0 atom stereocenters. The molecule has 17 heavy (non-hydrogen) atoms. The normalized spacial score (nSPS) is 13.1. The van der Waals surface area contributed by atoms with Crippen LogP contribution in [0.1, 0.15) is 34.1 Å². The molecule has 0 heterocycles. The highest BCUT2D eigenvalue weighted by Crippen LogP contribution is 2.14. The minimum atomic E-state index is -0.167. The molecule has 0 bridgehead atoms. The SMILES string of the molecule is CC(C)(CO)COCCCOCC(C)(C)CO. The molecule has 0 aliphatic rings. The Hall–Kier alpha value is -0.160. The van der Waals surface area contributed by atoms with Gasteiger partial charge < -0.3 is 19.7 Å². The fourth-order valence-corrected chi connectivity index (χ4v) is 1.05. The van der Waals surface area contributed by atoms with E-state index in [4.69, 9.17) is 19.7 Å². The van der Waals surface area contributed by atoms with Gasteiger partial charge in [0.05, 0.1) is 26.4 Å². The van der Waals surface area contributed by atoms with Crippen molar-refractivity contribution in [1.29, 1.82) is 0 Å². The van der Waals surface area contributed by atoms with Gasteiger partial charge in [0.2, 0.25) is 0 Å². The smallest absolute Gasteiger partial charge is 0.0539 e. The Labute approximate surface area is 105 Å². The third-order valence-corrected chi connectivity index (χ3v) is 2.42. The minimum Gasteiger partial charge on any atom is -0.396 e. The first-order valence-corrected chi connectivity index (χ1v) is 6.20. The second-order valence-corrected chi connectivity index (χ2v) is 6.10. The van der Waals surface area contributed by atoms with Crippen LogP contribution < -0.4 is 0 Å². The Morgan fingerprint density at radius 3 is 1.41 bits per heavy atom. The zero-order valence-electron chi connectivity index (χ0n) is 11.7. The molecule has 2 N–H and O–H groups in total. The quantitative estimate of drug-likeness (QED) is 0.574. The van der Waals surface area contributed by atoms with Gasteiger partial charge in [-0.3, -0.25) is 0 Å². The number of hydrogen-bond acceptors (Lipinski definition) is 4. The molecule has 104 valence electrons. The fourth-order valence-electron chi connectivity index (χ4n) is 1.05. The Kier molecular flexibility index (Phi) is 7.96. The highest BCUT2D eigenvalue weighted by molar-refractivity contribution is 4.66. The number of aliphatic hydroxyl groups excluding tert-OH is 2. The predicted molar refractivity (Wildman–Crippen MR) is 68.0 cm³/mol. The van der Waals surface area contributed by atoms with Crippen LogP contribution in [0, 0.1) is 10.8 Å². The van der Waals surface area contributed by atoms with Crippen molar-refractivity contribution >= 4 is 0 Å². The van der Waals surface area contributed by atoms with Crippen molar-refractivity contribution in [3.63, 3.8) is 0 Å². The minimum absolute atomic E-state index is 0.133. The van der Waals surface area contributed by atoms with Gasteiger partial charge in [-0.25, -0.2) is 0 Å². The van der Waals surface area contributed by atoms with Crippen LogP contribution in [-0.2, 0) is 9.47 Å². The molecule has 0 aliphatic carbocycles. The molecular formula is C13H28O4. The monoisotopic (exact) mass is 248 g/mol. The lowest BCUT2D eigenvalue weighted by molar-refractivity contribution is -0.0000715. The Morgan fingerprint density at radius 1 is 0.765 bits per heavy atom. The highest BCUT2D eigenvalue weighted by atomic mass is 16.5. The summed E-state index contributed by atoms with van der Waals surface area (Å²) in [5, 5.41) is 18.0. The molecular weight excluding hydrogens is 220 g/mol. The summed E-state index contributed by atoms with van der Waals surface area (Å²) in [6, 6.07) is 0. The van der Waals surface area contributed by atoms with Crippen molar-refractivity contribution in [2.45, 2.75) is 34.1 Å². The van der Waals surface area contributed by atoms with Crippen molar-refractivity contribution in [3.05, 3.63) is 0 Å². The van der Waals surface area contributed by atoms with Crippen LogP contribution in [-0.4, -0.2) is 49.9 Å². The van der Waals surface area contributed by atoms with E-state index in [9.17, 15) is 0 Å². The van der Waals surface area contributed by atoms with Crippen LogP contribution in [0.4, 0.5) is 0 Å². The van der Waals surface area contributed by atoms with E-state index in [1.165, 1.54) is 0 Å². The van der Waals surface area contributed by atoms with E-state index >= 15 is 0 Å². The highest BCUT2D eigenvalue weighted by Gasteiger charge is 2.17. The van der Waals surface area contributed by atoms with Gasteiger partial charge in [0, 0.05) is 24.0 Å². The van der Waals surface area contributed by atoms with E-state index in [0.29, 0.717) is 26.4 Å². The van der Waals surface area contributed by atoms with Gasteiger partial charge in [0.15, 0.2) is 0 Å². The zero-order valence-corrected chi connectivity index (χ0v) is 11.7. The molecule has 4 heteroatoms. The van der Waals surface area contributed by atoms with Gasteiger partial charge in [-0.15, -0.1) is 0 Å². The molecule has 0 aromatic rings. The summed E-state index contributed by atoms with van der Waals surface area (Å²) in [5.74, 6) is 0. The molecule has 4 nitrogen and oxygen atoms in total. The van der Waals surface area contributed by atoms with Crippen molar-refractivity contribution in [2.24, 2.45) is 10.8 Å². The summed E-state index contributed by atoms with van der Waals surface area (Å²) in [6.45, 7) is 10.5. The van der Waals surface area contributed by atoms with Crippen LogP contribution in [0.15, 0.2) is 0 Å². The largest absolute Gasteiger partial charge is 0.396 e. The zero-order chi connectivity index (χ0) is 13.4. The third kappa shape index (κ3) is 9.53. The number of rotatable bonds is 10. The fraction of sp³-hybridized carbons (Fsp3) is 1.00. The van der Waals surface area contributed by atoms with Gasteiger partial charge in [0.1, 0.15) is 0 Å². The lowest BCUT2D eigenvalue weighted by Crippen LogP contribution is -2.25. The molecule has 0 aliphatic heterocycles. The lowest BCUT2D eigenvalue weighted by Gasteiger charge is -2.22. The summed E-state index contributed by atoms with van der Waals surface area (Å²) >= 11 is 0. The molecule has 0 unspecified atom stereocenters. The van der Waals surface area contributed by atoms with E-state index in [1.54, 1.807) is 0 Å². The number of aliphatic hydroxyl groups is 2. The summed E-state index contributed by atoms with van der Waals surface area (Å²) in [6.07, 6.45) is 0.836. The second-order valence-electron chi connectivity index (χ2n) is 6.10. The van der Waals surface area contributed by atoms with Crippen LogP contribution in [0.3, 0.4) is 0 Å². The Bertz CT molecular complexity index is 170. The molecule has 0 amide bonds. The lowest BCUT2D eigenvalue weighted by atomic mass is 9.96. The second kappa shape index (κ2) is 8.03. The molecule has 0 rings (SSSR count). The van der Waals surface area contributed by atoms with E-state index in [2.05, 4.69) is 0 Å². The topological polar surface area (TPSA) is 58.9 Å². The van der Waals surface area contributed by atoms with Gasteiger partial charge in [0.25, 0.3) is 0 Å².